The van der Waals surface area contributed by atoms with Crippen molar-refractivity contribution >= 4 is 0 Å². The average Bonchev–Trinajstić information content (AvgIpc) is 2.44. The van der Waals surface area contributed by atoms with Crippen molar-refractivity contribution in [2.24, 2.45) is 11.7 Å². The number of methoxy groups -OCH3 is 3. The Morgan fingerprint density at radius 3 is 1.91 bits per heavy atom. The molecule has 1 aromatic rings. The molecular formula is C18H29NO3. The van der Waals surface area contributed by atoms with Crippen LogP contribution in [0.1, 0.15) is 45.1 Å². The molecule has 2 N–H and O–H groups in total. The van der Waals surface area contributed by atoms with Gasteiger partial charge in [-0.25, -0.2) is 0 Å². The first-order valence-electron chi connectivity index (χ1n) is 8.04. The smallest absolute Gasteiger partial charge is 0.203 e. The Morgan fingerprint density at radius 1 is 1.05 bits per heavy atom. The Kier molecular flexibility index (Phi) is 5.22. The predicted molar refractivity (Wildman–Crippen MR) is 89.1 cm³/mol. The van der Waals surface area contributed by atoms with E-state index in [0.717, 1.165) is 19.3 Å². The minimum Gasteiger partial charge on any atom is -0.493 e. The predicted octanol–water partition coefficient (Wildman–Crippen LogP) is 3.51. The molecule has 4 heteroatoms. The van der Waals surface area contributed by atoms with E-state index in [0.29, 0.717) is 23.2 Å². The van der Waals surface area contributed by atoms with Crippen LogP contribution >= 0.6 is 0 Å². The van der Waals surface area contributed by atoms with Gasteiger partial charge in [-0.05, 0) is 42.9 Å². The maximum Gasteiger partial charge on any atom is 0.203 e. The summed E-state index contributed by atoms with van der Waals surface area (Å²) in [6, 6.07) is 4.30. The number of nitrogens with two attached hydrogens (primary N) is 1. The van der Waals surface area contributed by atoms with Crippen LogP contribution in [0.2, 0.25) is 0 Å². The van der Waals surface area contributed by atoms with Crippen molar-refractivity contribution in [1.82, 2.24) is 0 Å². The number of benzene rings is 1. The molecule has 1 unspecified atom stereocenters. The Hall–Kier alpha value is -1.42. The molecule has 1 fully saturated rings. The van der Waals surface area contributed by atoms with Crippen LogP contribution in [-0.2, 0) is 5.41 Å². The molecule has 124 valence electrons. The van der Waals surface area contributed by atoms with Crippen LogP contribution in [0.3, 0.4) is 0 Å². The van der Waals surface area contributed by atoms with Gasteiger partial charge in [-0.1, -0.05) is 20.3 Å². The Bertz CT molecular complexity index is 484. The topological polar surface area (TPSA) is 53.7 Å². The second kappa shape index (κ2) is 6.78. The van der Waals surface area contributed by atoms with E-state index in [1.54, 1.807) is 21.3 Å². The summed E-state index contributed by atoms with van der Waals surface area (Å²) < 4.78 is 16.4. The van der Waals surface area contributed by atoms with E-state index in [-0.39, 0.29) is 11.5 Å². The summed E-state index contributed by atoms with van der Waals surface area (Å²) in [4.78, 5) is 0. The molecule has 0 saturated heterocycles. The summed E-state index contributed by atoms with van der Waals surface area (Å²) in [6.45, 7) is 4.45. The Morgan fingerprint density at radius 2 is 1.59 bits per heavy atom. The molecular weight excluding hydrogens is 278 g/mol. The zero-order chi connectivity index (χ0) is 16.3. The fourth-order valence-electron chi connectivity index (χ4n) is 3.53. The monoisotopic (exact) mass is 307 g/mol. The van der Waals surface area contributed by atoms with E-state index >= 15 is 0 Å². The third-order valence-electron chi connectivity index (χ3n) is 4.92. The lowest BCUT2D eigenvalue weighted by atomic mass is 9.59. The Balaban J connectivity index is 2.45. The van der Waals surface area contributed by atoms with Crippen LogP contribution in [0, 0.1) is 5.92 Å². The van der Waals surface area contributed by atoms with Crippen LogP contribution in [0.4, 0.5) is 0 Å². The lowest BCUT2D eigenvalue weighted by molar-refractivity contribution is 0.177. The normalized spacial score (nSPS) is 17.8. The minimum absolute atomic E-state index is 0.0388. The van der Waals surface area contributed by atoms with Crippen molar-refractivity contribution < 1.29 is 14.2 Å². The van der Waals surface area contributed by atoms with E-state index in [9.17, 15) is 0 Å². The summed E-state index contributed by atoms with van der Waals surface area (Å²) in [5.41, 5.74) is 7.84. The Labute approximate surface area is 133 Å². The maximum absolute atomic E-state index is 6.59. The molecule has 0 aromatic heterocycles. The molecule has 0 radical (unpaired) electrons. The highest BCUT2D eigenvalue weighted by molar-refractivity contribution is 5.56. The summed E-state index contributed by atoms with van der Waals surface area (Å²) >= 11 is 0. The molecule has 22 heavy (non-hydrogen) atoms. The van der Waals surface area contributed by atoms with Gasteiger partial charge in [0.1, 0.15) is 0 Å². The molecule has 0 heterocycles. The lowest BCUT2D eigenvalue weighted by Gasteiger charge is -2.47. The average molecular weight is 307 g/mol. The quantitative estimate of drug-likeness (QED) is 0.837. The highest BCUT2D eigenvalue weighted by Crippen LogP contribution is 2.51. The van der Waals surface area contributed by atoms with Gasteiger partial charge in [-0.15, -0.1) is 0 Å². The SMILES string of the molecule is COc1cc(C2(C(N)CC(C)C)CCC2)cc(OC)c1OC. The number of hydrogen-bond donors (Lipinski definition) is 1. The highest BCUT2D eigenvalue weighted by atomic mass is 16.5. The molecule has 0 bridgehead atoms. The van der Waals surface area contributed by atoms with Gasteiger partial charge in [0, 0.05) is 11.5 Å². The highest BCUT2D eigenvalue weighted by Gasteiger charge is 2.44. The standard InChI is InChI=1S/C18H29NO3/c1-12(2)9-16(19)18(7-6-8-18)13-10-14(20-3)17(22-5)15(11-13)21-4/h10-12,16H,6-9,19H2,1-5H3. The van der Waals surface area contributed by atoms with Crippen LogP contribution in [0.5, 0.6) is 17.2 Å². The zero-order valence-electron chi connectivity index (χ0n) is 14.4. The third-order valence-corrected chi connectivity index (χ3v) is 4.92. The van der Waals surface area contributed by atoms with Gasteiger partial charge >= 0.3 is 0 Å². The molecule has 1 aliphatic carbocycles. The first-order valence-corrected chi connectivity index (χ1v) is 8.04. The van der Waals surface area contributed by atoms with Crippen molar-refractivity contribution in [2.75, 3.05) is 21.3 Å². The van der Waals surface area contributed by atoms with Gasteiger partial charge in [0.05, 0.1) is 21.3 Å². The van der Waals surface area contributed by atoms with Crippen LogP contribution in [0.25, 0.3) is 0 Å². The van der Waals surface area contributed by atoms with Gasteiger partial charge in [-0.3, -0.25) is 0 Å². The van der Waals surface area contributed by atoms with Gasteiger partial charge in [-0.2, -0.15) is 0 Å². The molecule has 1 aliphatic rings. The van der Waals surface area contributed by atoms with Crippen LogP contribution in [0.15, 0.2) is 12.1 Å². The molecule has 4 nitrogen and oxygen atoms in total. The number of ether oxygens (including phenoxy) is 3. The van der Waals surface area contributed by atoms with Crippen molar-refractivity contribution in [1.29, 1.82) is 0 Å². The van der Waals surface area contributed by atoms with Crippen molar-refractivity contribution in [2.45, 2.75) is 51.0 Å². The number of rotatable bonds is 7. The fraction of sp³-hybridized carbons (Fsp3) is 0.667. The first-order chi connectivity index (χ1) is 10.5. The molecule has 2 rings (SSSR count). The first kappa shape index (κ1) is 16.9. The van der Waals surface area contributed by atoms with E-state index in [1.807, 2.05) is 0 Å². The lowest BCUT2D eigenvalue weighted by Crippen LogP contribution is -2.51. The van der Waals surface area contributed by atoms with Crippen molar-refractivity contribution in [3.63, 3.8) is 0 Å². The minimum atomic E-state index is 0.0388. The summed E-state index contributed by atoms with van der Waals surface area (Å²) in [6.07, 6.45) is 4.50. The van der Waals surface area contributed by atoms with E-state index in [2.05, 4.69) is 26.0 Å². The summed E-state index contributed by atoms with van der Waals surface area (Å²) in [5, 5.41) is 0. The number of hydrogen-bond acceptors (Lipinski definition) is 4. The van der Waals surface area contributed by atoms with E-state index in [1.165, 1.54) is 12.0 Å². The van der Waals surface area contributed by atoms with Crippen molar-refractivity contribution in [3.8, 4) is 17.2 Å². The molecule has 1 aromatic carbocycles. The largest absolute Gasteiger partial charge is 0.493 e. The van der Waals surface area contributed by atoms with Crippen molar-refractivity contribution in [3.05, 3.63) is 17.7 Å². The second-order valence-electron chi connectivity index (χ2n) is 6.66. The van der Waals surface area contributed by atoms with Crippen LogP contribution in [-0.4, -0.2) is 27.4 Å². The molecule has 1 atom stereocenters. The molecule has 0 spiro atoms. The van der Waals surface area contributed by atoms with Gasteiger partial charge in [0.15, 0.2) is 11.5 Å². The maximum atomic E-state index is 6.59. The van der Waals surface area contributed by atoms with Crippen LogP contribution < -0.4 is 19.9 Å². The zero-order valence-corrected chi connectivity index (χ0v) is 14.4. The van der Waals surface area contributed by atoms with Gasteiger partial charge in [0.25, 0.3) is 0 Å². The third kappa shape index (κ3) is 2.89. The van der Waals surface area contributed by atoms with E-state index < -0.39 is 0 Å². The fourth-order valence-corrected chi connectivity index (χ4v) is 3.53. The summed E-state index contributed by atoms with van der Waals surface area (Å²) in [5.74, 6) is 2.65. The molecule has 1 saturated carbocycles. The van der Waals surface area contributed by atoms with Gasteiger partial charge in [0.2, 0.25) is 5.75 Å². The second-order valence-corrected chi connectivity index (χ2v) is 6.66. The molecule has 0 aliphatic heterocycles. The van der Waals surface area contributed by atoms with E-state index in [4.69, 9.17) is 19.9 Å². The summed E-state index contributed by atoms with van der Waals surface area (Å²) in [7, 11) is 4.94. The molecule has 0 amide bonds. The van der Waals surface area contributed by atoms with Gasteiger partial charge < -0.3 is 19.9 Å².